The van der Waals surface area contributed by atoms with E-state index in [1.54, 1.807) is 0 Å². The van der Waals surface area contributed by atoms with E-state index in [9.17, 15) is 4.79 Å². The molecule has 0 unspecified atom stereocenters. The molecular formula is C21H18ClNOS. The second kappa shape index (κ2) is 8.24. The summed E-state index contributed by atoms with van der Waals surface area (Å²) in [7, 11) is 0. The van der Waals surface area contributed by atoms with E-state index in [1.165, 1.54) is 11.8 Å². The smallest absolute Gasteiger partial charge is 0.237 e. The first-order chi connectivity index (χ1) is 12.1. The molecular weight excluding hydrogens is 350 g/mol. The van der Waals surface area contributed by atoms with E-state index in [2.05, 4.69) is 5.32 Å². The van der Waals surface area contributed by atoms with Crippen LogP contribution in [-0.4, -0.2) is 11.2 Å². The maximum Gasteiger partial charge on any atom is 0.237 e. The van der Waals surface area contributed by atoms with Gasteiger partial charge in [-0.1, -0.05) is 72.3 Å². The summed E-state index contributed by atoms with van der Waals surface area (Å²) in [5, 5.41) is 3.45. The van der Waals surface area contributed by atoms with Gasteiger partial charge in [0.1, 0.15) is 0 Å². The molecule has 0 heterocycles. The maximum atomic E-state index is 12.6. The molecule has 0 saturated carbocycles. The Balaban J connectivity index is 1.76. The highest BCUT2D eigenvalue weighted by molar-refractivity contribution is 8.00. The predicted octanol–water partition coefficient (Wildman–Crippen LogP) is 6.13. The number of benzene rings is 3. The Kier molecular flexibility index (Phi) is 5.79. The van der Waals surface area contributed by atoms with E-state index < -0.39 is 0 Å². The molecule has 3 aromatic carbocycles. The van der Waals surface area contributed by atoms with Gasteiger partial charge in [-0.3, -0.25) is 4.79 Å². The van der Waals surface area contributed by atoms with Crippen LogP contribution in [0.15, 0.2) is 83.8 Å². The van der Waals surface area contributed by atoms with E-state index >= 15 is 0 Å². The van der Waals surface area contributed by atoms with Crippen LogP contribution in [0.25, 0.3) is 11.1 Å². The first kappa shape index (κ1) is 17.6. The summed E-state index contributed by atoms with van der Waals surface area (Å²) < 4.78 is 0. The van der Waals surface area contributed by atoms with Crippen LogP contribution in [-0.2, 0) is 4.79 Å². The van der Waals surface area contributed by atoms with Gasteiger partial charge in [0.25, 0.3) is 0 Å². The molecule has 0 aliphatic rings. The van der Waals surface area contributed by atoms with Crippen LogP contribution in [0.1, 0.15) is 6.92 Å². The molecule has 0 radical (unpaired) electrons. The quantitative estimate of drug-likeness (QED) is 0.550. The highest BCUT2D eigenvalue weighted by Gasteiger charge is 2.17. The van der Waals surface area contributed by atoms with Crippen LogP contribution >= 0.6 is 23.4 Å². The number of rotatable bonds is 5. The third-order valence-electron chi connectivity index (χ3n) is 3.78. The third kappa shape index (κ3) is 4.44. The normalized spacial score (nSPS) is 11.8. The monoisotopic (exact) mass is 367 g/mol. The minimum Gasteiger partial charge on any atom is -0.325 e. The number of carbonyl (C=O) groups is 1. The van der Waals surface area contributed by atoms with Crippen LogP contribution in [0.5, 0.6) is 0 Å². The molecule has 4 heteroatoms. The van der Waals surface area contributed by atoms with Crippen LogP contribution in [0.4, 0.5) is 5.69 Å². The van der Waals surface area contributed by atoms with E-state index in [0.717, 1.165) is 21.7 Å². The van der Waals surface area contributed by atoms with Crippen molar-refractivity contribution in [3.8, 4) is 11.1 Å². The Hall–Kier alpha value is -2.23. The van der Waals surface area contributed by atoms with Crippen molar-refractivity contribution in [1.82, 2.24) is 0 Å². The molecule has 3 rings (SSSR count). The predicted molar refractivity (Wildman–Crippen MR) is 107 cm³/mol. The standard InChI is InChI=1S/C21H18ClNOS/c1-15(25-20-14-8-6-12-18(20)22)21(24)23-19-13-7-5-11-17(19)16-9-3-2-4-10-16/h2-15H,1H3,(H,23,24)/t15-/m1/s1. The number of hydrogen-bond donors (Lipinski definition) is 1. The van der Waals surface area contributed by atoms with Crippen molar-refractivity contribution in [3.63, 3.8) is 0 Å². The van der Waals surface area contributed by atoms with Crippen molar-refractivity contribution in [1.29, 1.82) is 0 Å². The molecule has 1 N–H and O–H groups in total. The second-order valence-electron chi connectivity index (χ2n) is 5.59. The van der Waals surface area contributed by atoms with E-state index in [1.807, 2.05) is 85.8 Å². The fourth-order valence-corrected chi connectivity index (χ4v) is 3.63. The number of anilines is 1. The Morgan fingerprint density at radius 3 is 2.32 bits per heavy atom. The van der Waals surface area contributed by atoms with E-state index in [4.69, 9.17) is 11.6 Å². The fourth-order valence-electron chi connectivity index (χ4n) is 2.48. The second-order valence-corrected chi connectivity index (χ2v) is 7.38. The lowest BCUT2D eigenvalue weighted by molar-refractivity contribution is -0.115. The highest BCUT2D eigenvalue weighted by atomic mass is 35.5. The van der Waals surface area contributed by atoms with Crippen molar-refractivity contribution < 1.29 is 4.79 Å². The Bertz CT molecular complexity index is 867. The minimum absolute atomic E-state index is 0.0479. The Labute approximate surface area is 157 Å². The fraction of sp³-hybridized carbons (Fsp3) is 0.0952. The highest BCUT2D eigenvalue weighted by Crippen LogP contribution is 2.32. The summed E-state index contributed by atoms with van der Waals surface area (Å²) in [6, 6.07) is 25.4. The van der Waals surface area contributed by atoms with Gasteiger partial charge in [-0.15, -0.1) is 11.8 Å². The van der Waals surface area contributed by atoms with Gasteiger partial charge in [0.15, 0.2) is 0 Å². The molecule has 0 aromatic heterocycles. The number of hydrogen-bond acceptors (Lipinski definition) is 2. The number of thioether (sulfide) groups is 1. The van der Waals surface area contributed by atoms with Gasteiger partial charge in [0.2, 0.25) is 5.91 Å². The third-order valence-corrected chi connectivity index (χ3v) is 5.40. The summed E-state index contributed by atoms with van der Waals surface area (Å²) in [6.45, 7) is 1.88. The number of carbonyl (C=O) groups excluding carboxylic acids is 1. The first-order valence-electron chi connectivity index (χ1n) is 8.01. The SMILES string of the molecule is C[C@@H](Sc1ccccc1Cl)C(=O)Nc1ccccc1-c1ccccc1. The Morgan fingerprint density at radius 2 is 1.56 bits per heavy atom. The molecule has 0 spiro atoms. The van der Waals surface area contributed by atoms with Crippen molar-refractivity contribution in [2.45, 2.75) is 17.1 Å². The summed E-state index contributed by atoms with van der Waals surface area (Å²) in [4.78, 5) is 13.5. The van der Waals surface area contributed by atoms with Gasteiger partial charge in [-0.05, 0) is 30.7 Å². The average Bonchev–Trinajstić information content (AvgIpc) is 2.64. The van der Waals surface area contributed by atoms with E-state index in [-0.39, 0.29) is 11.2 Å². The topological polar surface area (TPSA) is 29.1 Å². The molecule has 3 aromatic rings. The molecule has 25 heavy (non-hydrogen) atoms. The van der Waals surface area contributed by atoms with Crippen molar-refractivity contribution in [2.75, 3.05) is 5.32 Å². The first-order valence-corrected chi connectivity index (χ1v) is 9.27. The number of amides is 1. The zero-order chi connectivity index (χ0) is 17.6. The van der Waals surface area contributed by atoms with Gasteiger partial charge in [0.05, 0.1) is 10.3 Å². The summed E-state index contributed by atoms with van der Waals surface area (Å²) in [5.74, 6) is -0.0479. The molecule has 0 saturated heterocycles. The van der Waals surface area contributed by atoms with Crippen LogP contribution in [0.2, 0.25) is 5.02 Å². The van der Waals surface area contributed by atoms with Crippen molar-refractivity contribution in [3.05, 3.63) is 83.9 Å². The summed E-state index contributed by atoms with van der Waals surface area (Å²) in [5.41, 5.74) is 2.89. The van der Waals surface area contributed by atoms with E-state index in [0.29, 0.717) is 5.02 Å². The minimum atomic E-state index is -0.260. The van der Waals surface area contributed by atoms with Gasteiger partial charge < -0.3 is 5.32 Å². The number of halogens is 1. The lowest BCUT2D eigenvalue weighted by Crippen LogP contribution is -2.22. The molecule has 0 aliphatic carbocycles. The van der Waals surface area contributed by atoms with Gasteiger partial charge in [-0.25, -0.2) is 0 Å². The molecule has 1 amide bonds. The average molecular weight is 368 g/mol. The summed E-state index contributed by atoms with van der Waals surface area (Å²) >= 11 is 7.64. The van der Waals surface area contributed by atoms with Gasteiger partial charge in [-0.2, -0.15) is 0 Å². The van der Waals surface area contributed by atoms with Gasteiger partial charge >= 0.3 is 0 Å². The van der Waals surface area contributed by atoms with Crippen molar-refractivity contribution in [2.24, 2.45) is 0 Å². The molecule has 1 atom stereocenters. The molecule has 0 bridgehead atoms. The number of para-hydroxylation sites is 1. The lowest BCUT2D eigenvalue weighted by Gasteiger charge is -2.15. The molecule has 0 aliphatic heterocycles. The van der Waals surface area contributed by atoms with Crippen LogP contribution in [0.3, 0.4) is 0 Å². The zero-order valence-electron chi connectivity index (χ0n) is 13.8. The van der Waals surface area contributed by atoms with Crippen molar-refractivity contribution >= 4 is 35.0 Å². The van der Waals surface area contributed by atoms with Gasteiger partial charge in [0, 0.05) is 16.1 Å². The van der Waals surface area contributed by atoms with Crippen LogP contribution in [0, 0.1) is 0 Å². The largest absolute Gasteiger partial charge is 0.325 e. The maximum absolute atomic E-state index is 12.6. The Morgan fingerprint density at radius 1 is 0.920 bits per heavy atom. The molecule has 0 fully saturated rings. The summed E-state index contributed by atoms with van der Waals surface area (Å²) in [6.07, 6.45) is 0. The van der Waals surface area contributed by atoms with Crippen LogP contribution < -0.4 is 5.32 Å². The molecule has 2 nitrogen and oxygen atoms in total. The zero-order valence-corrected chi connectivity index (χ0v) is 15.3. The lowest BCUT2D eigenvalue weighted by atomic mass is 10.0. The number of nitrogens with one attached hydrogen (secondary N) is 1. The molecule has 126 valence electrons.